The highest BCUT2D eigenvalue weighted by Gasteiger charge is 2.10. The first-order valence-electron chi connectivity index (χ1n) is 5.32. The molecule has 0 amide bonds. The van der Waals surface area contributed by atoms with E-state index in [0.717, 1.165) is 10.7 Å². The largest absolute Gasteiger partial charge is 0.338 e. The number of rotatable bonds is 2. The summed E-state index contributed by atoms with van der Waals surface area (Å²) in [6.45, 7) is 6.03. The molecule has 1 heterocycles. The minimum atomic E-state index is 0.628. The lowest BCUT2D eigenvalue weighted by Gasteiger charge is -2.09. The molecule has 0 fully saturated rings. The van der Waals surface area contributed by atoms with Gasteiger partial charge < -0.3 is 5.32 Å². The fourth-order valence-corrected chi connectivity index (χ4v) is 2.27. The fraction of sp³-hybridized carbons (Fsp3) is 0.231. The van der Waals surface area contributed by atoms with E-state index >= 15 is 0 Å². The van der Waals surface area contributed by atoms with Gasteiger partial charge in [-0.15, -0.1) is 11.3 Å². The van der Waals surface area contributed by atoms with Gasteiger partial charge in [0.2, 0.25) is 0 Å². The fourth-order valence-electron chi connectivity index (χ4n) is 1.60. The maximum atomic E-state index is 9.01. The van der Waals surface area contributed by atoms with E-state index in [9.17, 15) is 0 Å². The SMILES string of the molecule is Cc1nc(Nc2cccc(C)c2C)c(C#N)s1. The molecule has 0 saturated heterocycles. The van der Waals surface area contributed by atoms with Crippen LogP contribution in [0.25, 0.3) is 0 Å². The third-order valence-corrected chi connectivity index (χ3v) is 3.57. The van der Waals surface area contributed by atoms with E-state index in [0.29, 0.717) is 10.7 Å². The van der Waals surface area contributed by atoms with Gasteiger partial charge in [0, 0.05) is 5.69 Å². The molecule has 1 aromatic heterocycles. The van der Waals surface area contributed by atoms with Crippen LogP contribution in [0.4, 0.5) is 11.5 Å². The van der Waals surface area contributed by atoms with E-state index in [1.54, 1.807) is 0 Å². The summed E-state index contributed by atoms with van der Waals surface area (Å²) < 4.78 is 0. The van der Waals surface area contributed by atoms with Crippen LogP contribution in [0.2, 0.25) is 0 Å². The van der Waals surface area contributed by atoms with Crippen molar-refractivity contribution in [2.24, 2.45) is 0 Å². The van der Waals surface area contributed by atoms with Crippen LogP contribution in [0, 0.1) is 32.1 Å². The van der Waals surface area contributed by atoms with Crippen LogP contribution in [0.5, 0.6) is 0 Å². The minimum Gasteiger partial charge on any atom is -0.338 e. The van der Waals surface area contributed by atoms with E-state index in [-0.39, 0.29) is 0 Å². The Morgan fingerprint density at radius 2 is 2.06 bits per heavy atom. The predicted molar refractivity (Wildman–Crippen MR) is 70.8 cm³/mol. The summed E-state index contributed by atoms with van der Waals surface area (Å²) in [5, 5.41) is 13.1. The maximum absolute atomic E-state index is 9.01. The Bertz CT molecular complexity index is 593. The molecule has 4 heteroatoms. The summed E-state index contributed by atoms with van der Waals surface area (Å²) in [6, 6.07) is 8.23. The quantitative estimate of drug-likeness (QED) is 0.875. The molecular weight excluding hydrogens is 230 g/mol. The summed E-state index contributed by atoms with van der Waals surface area (Å²) >= 11 is 1.41. The van der Waals surface area contributed by atoms with Gasteiger partial charge in [-0.3, -0.25) is 0 Å². The van der Waals surface area contributed by atoms with Crippen molar-refractivity contribution in [1.82, 2.24) is 4.98 Å². The van der Waals surface area contributed by atoms with Crippen LogP contribution >= 0.6 is 11.3 Å². The first-order valence-corrected chi connectivity index (χ1v) is 6.14. The number of thiazole rings is 1. The average Bonchev–Trinajstić information content (AvgIpc) is 2.65. The second-order valence-corrected chi connectivity index (χ2v) is 5.10. The van der Waals surface area contributed by atoms with E-state index < -0.39 is 0 Å². The molecule has 3 nitrogen and oxygen atoms in total. The summed E-state index contributed by atoms with van der Waals surface area (Å²) in [4.78, 5) is 4.96. The van der Waals surface area contributed by atoms with Crippen LogP contribution < -0.4 is 5.32 Å². The molecule has 0 saturated carbocycles. The van der Waals surface area contributed by atoms with Crippen molar-refractivity contribution in [2.75, 3.05) is 5.32 Å². The molecule has 86 valence electrons. The van der Waals surface area contributed by atoms with Crippen LogP contribution in [0.3, 0.4) is 0 Å². The summed E-state index contributed by atoms with van der Waals surface area (Å²) in [5.74, 6) is 0.656. The van der Waals surface area contributed by atoms with Gasteiger partial charge in [-0.2, -0.15) is 5.26 Å². The Kier molecular flexibility index (Phi) is 3.12. The number of aryl methyl sites for hydroxylation is 2. The molecule has 0 spiro atoms. The molecule has 2 rings (SSSR count). The summed E-state index contributed by atoms with van der Waals surface area (Å²) in [6.07, 6.45) is 0. The lowest BCUT2D eigenvalue weighted by molar-refractivity contribution is 1.26. The Morgan fingerprint density at radius 1 is 1.29 bits per heavy atom. The van der Waals surface area contributed by atoms with Gasteiger partial charge in [-0.25, -0.2) is 4.98 Å². The van der Waals surface area contributed by atoms with Gasteiger partial charge in [0.25, 0.3) is 0 Å². The van der Waals surface area contributed by atoms with Crippen molar-refractivity contribution >= 4 is 22.8 Å². The van der Waals surface area contributed by atoms with Crippen LogP contribution in [0.15, 0.2) is 18.2 Å². The molecule has 0 aliphatic rings. The van der Waals surface area contributed by atoms with Crippen molar-refractivity contribution in [3.63, 3.8) is 0 Å². The van der Waals surface area contributed by atoms with Crippen molar-refractivity contribution < 1.29 is 0 Å². The highest BCUT2D eigenvalue weighted by Crippen LogP contribution is 2.27. The Balaban J connectivity index is 2.38. The maximum Gasteiger partial charge on any atom is 0.159 e. The normalized spacial score (nSPS) is 10.0. The molecule has 0 unspecified atom stereocenters. The van der Waals surface area contributed by atoms with E-state index in [2.05, 4.69) is 36.3 Å². The Morgan fingerprint density at radius 3 is 2.76 bits per heavy atom. The monoisotopic (exact) mass is 243 g/mol. The zero-order valence-electron chi connectivity index (χ0n) is 10.0. The molecular formula is C13H13N3S. The van der Waals surface area contributed by atoms with Crippen molar-refractivity contribution in [3.8, 4) is 6.07 Å². The lowest BCUT2D eigenvalue weighted by atomic mass is 10.1. The molecule has 1 N–H and O–H groups in total. The minimum absolute atomic E-state index is 0.628. The molecule has 0 aliphatic carbocycles. The third kappa shape index (κ3) is 2.29. The third-order valence-electron chi connectivity index (χ3n) is 2.69. The first-order chi connectivity index (χ1) is 8.11. The Labute approximate surface area is 105 Å². The average molecular weight is 243 g/mol. The zero-order chi connectivity index (χ0) is 12.4. The number of nitrogens with zero attached hydrogens (tertiary/aromatic N) is 2. The molecule has 0 aliphatic heterocycles. The topological polar surface area (TPSA) is 48.7 Å². The van der Waals surface area contributed by atoms with E-state index in [1.165, 1.54) is 22.5 Å². The molecule has 17 heavy (non-hydrogen) atoms. The summed E-state index contributed by atoms with van der Waals surface area (Å²) in [7, 11) is 0. The van der Waals surface area contributed by atoms with Gasteiger partial charge in [0.1, 0.15) is 10.9 Å². The highest BCUT2D eigenvalue weighted by atomic mass is 32.1. The van der Waals surface area contributed by atoms with Crippen LogP contribution in [-0.2, 0) is 0 Å². The summed E-state index contributed by atoms with van der Waals surface area (Å²) in [5.41, 5.74) is 3.41. The number of benzene rings is 1. The lowest BCUT2D eigenvalue weighted by Crippen LogP contribution is -1.96. The van der Waals surface area contributed by atoms with Gasteiger partial charge in [-0.05, 0) is 38.0 Å². The number of anilines is 2. The zero-order valence-corrected chi connectivity index (χ0v) is 10.9. The molecule has 0 bridgehead atoms. The number of nitriles is 1. The van der Waals surface area contributed by atoms with Gasteiger partial charge >= 0.3 is 0 Å². The van der Waals surface area contributed by atoms with E-state index in [1.807, 2.05) is 19.1 Å². The van der Waals surface area contributed by atoms with E-state index in [4.69, 9.17) is 5.26 Å². The number of hydrogen-bond acceptors (Lipinski definition) is 4. The van der Waals surface area contributed by atoms with Gasteiger partial charge in [-0.1, -0.05) is 12.1 Å². The second kappa shape index (κ2) is 4.56. The van der Waals surface area contributed by atoms with Crippen molar-refractivity contribution in [1.29, 1.82) is 5.26 Å². The molecule has 2 aromatic rings. The molecule has 1 aromatic carbocycles. The second-order valence-electron chi connectivity index (χ2n) is 3.89. The van der Waals surface area contributed by atoms with Crippen LogP contribution in [0.1, 0.15) is 21.0 Å². The number of hydrogen-bond donors (Lipinski definition) is 1. The predicted octanol–water partition coefficient (Wildman–Crippen LogP) is 3.68. The highest BCUT2D eigenvalue weighted by molar-refractivity contribution is 7.12. The molecule has 0 atom stereocenters. The van der Waals surface area contributed by atoms with Crippen LogP contribution in [-0.4, -0.2) is 4.98 Å². The number of aromatic nitrogens is 1. The van der Waals surface area contributed by atoms with Crippen molar-refractivity contribution in [2.45, 2.75) is 20.8 Å². The van der Waals surface area contributed by atoms with Gasteiger partial charge in [0.05, 0.1) is 5.01 Å². The Hall–Kier alpha value is -1.86. The first kappa shape index (κ1) is 11.6. The molecule has 0 radical (unpaired) electrons. The van der Waals surface area contributed by atoms with Gasteiger partial charge in [0.15, 0.2) is 5.82 Å². The number of nitrogens with one attached hydrogen (secondary N) is 1. The smallest absolute Gasteiger partial charge is 0.159 e. The standard InChI is InChI=1S/C13H13N3S/c1-8-5-4-6-11(9(8)2)16-13-12(7-14)17-10(3)15-13/h4-6,16H,1-3H3. The van der Waals surface area contributed by atoms with Crippen molar-refractivity contribution in [3.05, 3.63) is 39.2 Å².